The van der Waals surface area contributed by atoms with Gasteiger partial charge in [0.25, 0.3) is 11.5 Å². The molecule has 0 aliphatic rings. The molecular formula is C37H26F3N5O3S. The fraction of sp³-hybridized carbons (Fsp3) is 0.0811. The Labute approximate surface area is 281 Å². The number of ether oxygens (including phenoxy) is 1. The Balaban J connectivity index is 1.60. The molecule has 0 saturated carbocycles. The second-order valence-electron chi connectivity index (χ2n) is 10.7. The van der Waals surface area contributed by atoms with Gasteiger partial charge in [-0.15, -0.1) is 11.3 Å². The molecule has 0 bridgehead atoms. The van der Waals surface area contributed by atoms with Crippen LogP contribution in [0.3, 0.4) is 0 Å². The van der Waals surface area contributed by atoms with Crippen molar-refractivity contribution in [1.82, 2.24) is 19.7 Å². The van der Waals surface area contributed by atoms with Gasteiger partial charge in [-0.1, -0.05) is 60.7 Å². The Morgan fingerprint density at radius 1 is 0.959 bits per heavy atom. The molecule has 0 radical (unpaired) electrons. The van der Waals surface area contributed by atoms with E-state index in [-0.39, 0.29) is 15.7 Å². The zero-order valence-electron chi connectivity index (χ0n) is 25.8. The Hall–Kier alpha value is -6.19. The molecule has 244 valence electrons. The lowest BCUT2D eigenvalue weighted by atomic mass is 10.1. The number of nitrogens with one attached hydrogen (secondary N) is 1. The Bertz CT molecular complexity index is 2360. The van der Waals surface area contributed by atoms with Gasteiger partial charge in [-0.05, 0) is 60.2 Å². The van der Waals surface area contributed by atoms with Crippen molar-refractivity contribution in [2.75, 3.05) is 7.11 Å². The molecule has 0 fully saturated rings. The van der Waals surface area contributed by atoms with Crippen molar-refractivity contribution in [2.24, 2.45) is 0 Å². The number of methoxy groups -OCH3 is 1. The van der Waals surface area contributed by atoms with E-state index in [9.17, 15) is 28.0 Å². The van der Waals surface area contributed by atoms with E-state index in [4.69, 9.17) is 9.84 Å². The molecule has 0 spiro atoms. The number of thiazole rings is 1. The van der Waals surface area contributed by atoms with Gasteiger partial charge in [0, 0.05) is 23.9 Å². The molecule has 1 amide bonds. The summed E-state index contributed by atoms with van der Waals surface area (Å²) in [5.41, 5.74) is 0.162. The molecule has 1 N–H and O–H groups in total. The molecule has 49 heavy (non-hydrogen) atoms. The number of carbonyl (C=O) groups is 1. The lowest BCUT2D eigenvalue weighted by molar-refractivity contribution is -0.137. The van der Waals surface area contributed by atoms with E-state index in [1.165, 1.54) is 18.2 Å². The Morgan fingerprint density at radius 2 is 1.61 bits per heavy atom. The molecule has 0 unspecified atom stereocenters. The summed E-state index contributed by atoms with van der Waals surface area (Å²) in [5, 5.41) is 17.6. The van der Waals surface area contributed by atoms with Crippen molar-refractivity contribution in [1.29, 1.82) is 5.26 Å². The first-order chi connectivity index (χ1) is 23.7. The van der Waals surface area contributed by atoms with Crippen LogP contribution in [0.5, 0.6) is 5.75 Å². The van der Waals surface area contributed by atoms with Crippen LogP contribution < -0.4 is 24.8 Å². The Morgan fingerprint density at radius 3 is 2.27 bits per heavy atom. The van der Waals surface area contributed by atoms with Crippen molar-refractivity contribution in [3.05, 3.63) is 152 Å². The van der Waals surface area contributed by atoms with Gasteiger partial charge >= 0.3 is 6.18 Å². The topological polar surface area (TPSA) is 102 Å². The summed E-state index contributed by atoms with van der Waals surface area (Å²) in [6, 6.07) is 31.6. The largest absolute Gasteiger partial charge is 0.497 e. The Kier molecular flexibility index (Phi) is 9.28. The summed E-state index contributed by atoms with van der Waals surface area (Å²) in [4.78, 5) is 27.6. The minimum Gasteiger partial charge on any atom is -0.497 e. The van der Waals surface area contributed by atoms with Crippen LogP contribution in [0.15, 0.2) is 120 Å². The van der Waals surface area contributed by atoms with E-state index < -0.39 is 34.5 Å². The fourth-order valence-electron chi connectivity index (χ4n) is 5.16. The van der Waals surface area contributed by atoms with Gasteiger partial charge in [0.05, 0.1) is 28.6 Å². The lowest BCUT2D eigenvalue weighted by Gasteiger charge is -2.13. The van der Waals surface area contributed by atoms with E-state index in [1.54, 1.807) is 66.5 Å². The van der Waals surface area contributed by atoms with E-state index in [2.05, 4.69) is 5.32 Å². The van der Waals surface area contributed by atoms with Crippen LogP contribution in [0, 0.1) is 11.3 Å². The third kappa shape index (κ3) is 6.93. The number of benzene rings is 4. The normalized spacial score (nSPS) is 12.3. The summed E-state index contributed by atoms with van der Waals surface area (Å²) in [5.74, 6) is -0.218. The van der Waals surface area contributed by atoms with Crippen molar-refractivity contribution in [3.8, 4) is 34.5 Å². The molecule has 8 nitrogen and oxygen atoms in total. The predicted molar refractivity (Wildman–Crippen MR) is 181 cm³/mol. The number of nitrogens with zero attached hydrogens (tertiary/aromatic N) is 4. The van der Waals surface area contributed by atoms with Gasteiger partial charge < -0.3 is 10.1 Å². The van der Waals surface area contributed by atoms with Crippen molar-refractivity contribution in [3.63, 3.8) is 0 Å². The third-order valence-electron chi connectivity index (χ3n) is 7.54. The van der Waals surface area contributed by atoms with Crippen LogP contribution in [-0.4, -0.2) is 27.4 Å². The first-order valence-corrected chi connectivity index (χ1v) is 15.7. The van der Waals surface area contributed by atoms with Crippen LogP contribution in [0.25, 0.3) is 34.3 Å². The maximum absolute atomic E-state index is 14.3. The average molecular weight is 678 g/mol. The molecule has 0 saturated heterocycles. The minimum absolute atomic E-state index is 0.0158. The van der Waals surface area contributed by atoms with E-state index >= 15 is 0 Å². The van der Waals surface area contributed by atoms with E-state index in [1.807, 2.05) is 42.5 Å². The number of alkyl halides is 3. The number of amides is 1. The summed E-state index contributed by atoms with van der Waals surface area (Å²) in [6.07, 6.45) is -1.63. The molecule has 6 aromatic rings. The maximum atomic E-state index is 14.3. The number of nitriles is 1. The summed E-state index contributed by atoms with van der Waals surface area (Å²) < 4.78 is 50.2. The monoisotopic (exact) mass is 677 g/mol. The van der Waals surface area contributed by atoms with Crippen LogP contribution in [0.4, 0.5) is 13.2 Å². The zero-order valence-corrected chi connectivity index (χ0v) is 26.6. The number of hydrogen-bond donors (Lipinski definition) is 1. The first kappa shape index (κ1) is 32.7. The van der Waals surface area contributed by atoms with Crippen molar-refractivity contribution in [2.45, 2.75) is 12.7 Å². The van der Waals surface area contributed by atoms with Crippen molar-refractivity contribution >= 4 is 28.9 Å². The van der Waals surface area contributed by atoms with Gasteiger partial charge in [-0.2, -0.15) is 23.5 Å². The van der Waals surface area contributed by atoms with Gasteiger partial charge in [0.15, 0.2) is 5.57 Å². The first-order valence-electron chi connectivity index (χ1n) is 14.8. The molecule has 0 aliphatic heterocycles. The maximum Gasteiger partial charge on any atom is 0.418 e. The SMILES string of the molecule is COc1ccc(-c2nn(-c3ccccc3)cc2C=c2sc(=C(C#N)C(=O)NCc3ccccc3)n(-c3ccccc3C(F)(F)F)c2=O)cc1. The van der Waals surface area contributed by atoms with Crippen LogP contribution >= 0.6 is 11.3 Å². The number of rotatable bonds is 8. The smallest absolute Gasteiger partial charge is 0.418 e. The third-order valence-corrected chi connectivity index (χ3v) is 8.63. The number of halogens is 3. The molecule has 2 aromatic heterocycles. The summed E-state index contributed by atoms with van der Waals surface area (Å²) in [7, 11) is 1.54. The number of aromatic nitrogens is 3. The highest BCUT2D eigenvalue weighted by Crippen LogP contribution is 2.33. The quantitative estimate of drug-likeness (QED) is 0.226. The highest BCUT2D eigenvalue weighted by molar-refractivity contribution is 7.07. The van der Waals surface area contributed by atoms with E-state index in [0.29, 0.717) is 22.6 Å². The standard InChI is InChI=1S/C37H26F3N5O3S/c1-48-28-18-16-25(17-19-28)33-26(23-44(43-33)27-12-6-3-7-13-27)20-32-35(47)45(31-15-9-8-14-30(31)37(38,39)40)36(49-32)29(21-41)34(46)42-22-24-10-4-2-5-11-24/h2-20,23H,22H2,1H3,(H,42,46). The van der Waals surface area contributed by atoms with Crippen LogP contribution in [0.1, 0.15) is 16.7 Å². The number of para-hydroxylation sites is 2. The lowest BCUT2D eigenvalue weighted by Crippen LogP contribution is -2.34. The predicted octanol–water partition coefficient (Wildman–Crippen LogP) is 5.60. The molecule has 4 aromatic carbocycles. The highest BCUT2D eigenvalue weighted by atomic mass is 32.1. The molecule has 6 rings (SSSR count). The van der Waals surface area contributed by atoms with Crippen LogP contribution in [0.2, 0.25) is 0 Å². The van der Waals surface area contributed by atoms with Gasteiger partial charge in [-0.3, -0.25) is 14.2 Å². The molecular weight excluding hydrogens is 652 g/mol. The molecule has 2 heterocycles. The second kappa shape index (κ2) is 13.9. The number of hydrogen-bond acceptors (Lipinski definition) is 6. The molecule has 12 heteroatoms. The average Bonchev–Trinajstić information content (AvgIpc) is 3.69. The van der Waals surface area contributed by atoms with Gasteiger partial charge in [-0.25, -0.2) is 4.68 Å². The minimum atomic E-state index is -4.83. The zero-order chi connectivity index (χ0) is 34.5. The second-order valence-corrected chi connectivity index (χ2v) is 11.7. The fourth-order valence-corrected chi connectivity index (χ4v) is 6.25. The van der Waals surface area contributed by atoms with Gasteiger partial charge in [0.2, 0.25) is 0 Å². The highest BCUT2D eigenvalue weighted by Gasteiger charge is 2.34. The van der Waals surface area contributed by atoms with E-state index in [0.717, 1.165) is 39.3 Å². The van der Waals surface area contributed by atoms with Crippen molar-refractivity contribution < 1.29 is 22.7 Å². The summed E-state index contributed by atoms with van der Waals surface area (Å²) in [6.45, 7) is 0.0580. The number of carbonyl (C=O) groups excluding carboxylic acids is 1. The molecule has 0 atom stereocenters. The van der Waals surface area contributed by atoms with Gasteiger partial charge in [0.1, 0.15) is 22.2 Å². The summed E-state index contributed by atoms with van der Waals surface area (Å²) >= 11 is 0.743. The molecule has 0 aliphatic carbocycles. The van der Waals surface area contributed by atoms with Crippen LogP contribution in [-0.2, 0) is 17.5 Å².